The van der Waals surface area contributed by atoms with Gasteiger partial charge in [-0.3, -0.25) is 0 Å². The third-order valence-electron chi connectivity index (χ3n) is 3.61. The number of alkyl halides is 1. The third-order valence-corrected chi connectivity index (χ3v) is 3.98. The van der Waals surface area contributed by atoms with Gasteiger partial charge in [-0.25, -0.2) is 0 Å². The van der Waals surface area contributed by atoms with E-state index in [9.17, 15) is 0 Å². The first kappa shape index (κ1) is 16.5. The second-order valence-electron chi connectivity index (χ2n) is 6.56. The molecule has 0 aliphatic carbocycles. The summed E-state index contributed by atoms with van der Waals surface area (Å²) in [5, 5.41) is 0. The van der Waals surface area contributed by atoms with E-state index < -0.39 is 0 Å². The Hall–Kier alpha value is -0.530. The van der Waals surface area contributed by atoms with E-state index in [4.69, 9.17) is 16.3 Å². The normalized spacial score (nSPS) is 15.2. The molecule has 1 rings (SSSR count). The smallest absolute Gasteiger partial charge is 0.0717 e. The molecule has 1 aromatic carbocycles. The van der Waals surface area contributed by atoms with Gasteiger partial charge in [0.05, 0.1) is 6.61 Å². The summed E-state index contributed by atoms with van der Waals surface area (Å²) in [6, 6.07) is 10.3. The molecule has 0 spiro atoms. The number of halogens is 1. The van der Waals surface area contributed by atoms with Crippen LogP contribution in [0.15, 0.2) is 30.3 Å². The Kier molecular flexibility index (Phi) is 6.88. The van der Waals surface area contributed by atoms with Gasteiger partial charge in [-0.1, -0.05) is 58.0 Å². The maximum absolute atomic E-state index is 6.09. The van der Waals surface area contributed by atoms with Gasteiger partial charge in [0.15, 0.2) is 0 Å². The Balaban J connectivity index is 2.29. The molecular weight excluding hydrogens is 256 g/mol. The molecule has 0 aliphatic rings. The SMILES string of the molecule is CC(COCc1ccccc1)CC(CCl)C(C)(C)C. The Bertz CT molecular complexity index is 342. The molecule has 2 unspecified atom stereocenters. The highest BCUT2D eigenvalue weighted by molar-refractivity contribution is 6.18. The van der Waals surface area contributed by atoms with Crippen LogP contribution in [0.4, 0.5) is 0 Å². The fourth-order valence-corrected chi connectivity index (χ4v) is 2.74. The first-order valence-corrected chi connectivity index (χ1v) is 7.64. The molecule has 0 saturated carbocycles. The highest BCUT2D eigenvalue weighted by atomic mass is 35.5. The lowest BCUT2D eigenvalue weighted by Crippen LogP contribution is -2.25. The van der Waals surface area contributed by atoms with Crippen molar-refractivity contribution >= 4 is 11.6 Å². The maximum atomic E-state index is 6.09. The van der Waals surface area contributed by atoms with E-state index in [1.807, 2.05) is 18.2 Å². The first-order chi connectivity index (χ1) is 8.93. The summed E-state index contributed by atoms with van der Waals surface area (Å²) in [4.78, 5) is 0. The topological polar surface area (TPSA) is 9.23 Å². The quantitative estimate of drug-likeness (QED) is 0.630. The highest BCUT2D eigenvalue weighted by Crippen LogP contribution is 2.32. The van der Waals surface area contributed by atoms with E-state index in [0.717, 1.165) is 18.9 Å². The predicted octanol–water partition coefficient (Wildman–Crippen LogP) is 5.13. The third kappa shape index (κ3) is 6.44. The van der Waals surface area contributed by atoms with Crippen LogP contribution in [-0.2, 0) is 11.3 Å². The number of benzene rings is 1. The highest BCUT2D eigenvalue weighted by Gasteiger charge is 2.25. The minimum atomic E-state index is 0.273. The summed E-state index contributed by atoms with van der Waals surface area (Å²) in [7, 11) is 0. The summed E-state index contributed by atoms with van der Waals surface area (Å²) < 4.78 is 5.80. The maximum Gasteiger partial charge on any atom is 0.0717 e. The van der Waals surface area contributed by atoms with Gasteiger partial charge in [0, 0.05) is 12.5 Å². The summed E-state index contributed by atoms with van der Waals surface area (Å²) >= 11 is 6.09. The van der Waals surface area contributed by atoms with E-state index >= 15 is 0 Å². The molecule has 19 heavy (non-hydrogen) atoms. The van der Waals surface area contributed by atoms with Gasteiger partial charge in [0.2, 0.25) is 0 Å². The predicted molar refractivity (Wildman–Crippen MR) is 83.5 cm³/mol. The van der Waals surface area contributed by atoms with Gasteiger partial charge in [0.25, 0.3) is 0 Å². The van der Waals surface area contributed by atoms with Gasteiger partial charge < -0.3 is 4.74 Å². The van der Waals surface area contributed by atoms with Crippen molar-refractivity contribution in [3.63, 3.8) is 0 Å². The number of ether oxygens (including phenoxy) is 1. The Morgan fingerprint density at radius 1 is 1.16 bits per heavy atom. The standard InChI is InChI=1S/C17H27ClO/c1-14(10-16(11-18)17(2,3)4)12-19-13-15-8-6-5-7-9-15/h5-9,14,16H,10-13H2,1-4H3. The van der Waals surface area contributed by atoms with Gasteiger partial charge in [0.1, 0.15) is 0 Å². The lowest BCUT2D eigenvalue weighted by molar-refractivity contribution is 0.0763. The van der Waals surface area contributed by atoms with Gasteiger partial charge in [-0.05, 0) is 29.2 Å². The van der Waals surface area contributed by atoms with Crippen molar-refractivity contribution in [3.05, 3.63) is 35.9 Å². The van der Waals surface area contributed by atoms with Crippen molar-refractivity contribution in [1.29, 1.82) is 0 Å². The zero-order valence-corrected chi connectivity index (χ0v) is 13.4. The minimum absolute atomic E-state index is 0.273. The summed E-state index contributed by atoms with van der Waals surface area (Å²) in [6.07, 6.45) is 1.13. The van der Waals surface area contributed by atoms with Gasteiger partial charge >= 0.3 is 0 Å². The summed E-state index contributed by atoms with van der Waals surface area (Å²) in [6.45, 7) is 10.5. The van der Waals surface area contributed by atoms with Crippen molar-refractivity contribution in [2.75, 3.05) is 12.5 Å². The lowest BCUT2D eigenvalue weighted by Gasteiger charge is -2.31. The number of rotatable bonds is 7. The van der Waals surface area contributed by atoms with Crippen molar-refractivity contribution in [1.82, 2.24) is 0 Å². The van der Waals surface area contributed by atoms with Crippen molar-refractivity contribution in [3.8, 4) is 0 Å². The molecule has 0 bridgehead atoms. The molecular formula is C17H27ClO. The molecule has 0 aromatic heterocycles. The zero-order valence-electron chi connectivity index (χ0n) is 12.7. The van der Waals surface area contributed by atoms with Crippen LogP contribution < -0.4 is 0 Å². The lowest BCUT2D eigenvalue weighted by atomic mass is 9.77. The molecule has 1 nitrogen and oxygen atoms in total. The molecule has 0 N–H and O–H groups in total. The van der Waals surface area contributed by atoms with E-state index in [-0.39, 0.29) is 5.41 Å². The molecule has 2 atom stereocenters. The molecule has 1 aromatic rings. The van der Waals surface area contributed by atoms with E-state index in [1.165, 1.54) is 5.56 Å². The fourth-order valence-electron chi connectivity index (χ4n) is 2.15. The van der Waals surface area contributed by atoms with Crippen molar-refractivity contribution < 1.29 is 4.74 Å². The van der Waals surface area contributed by atoms with Gasteiger partial charge in [-0.15, -0.1) is 11.6 Å². The van der Waals surface area contributed by atoms with Crippen LogP contribution in [0.25, 0.3) is 0 Å². The van der Waals surface area contributed by atoms with Gasteiger partial charge in [-0.2, -0.15) is 0 Å². The van der Waals surface area contributed by atoms with Crippen LogP contribution in [0, 0.1) is 17.3 Å². The molecule has 0 radical (unpaired) electrons. The van der Waals surface area contributed by atoms with Crippen LogP contribution >= 0.6 is 11.6 Å². The molecule has 0 saturated heterocycles. The molecule has 0 amide bonds. The summed E-state index contributed by atoms with van der Waals surface area (Å²) in [5.41, 5.74) is 1.51. The Morgan fingerprint density at radius 2 is 1.79 bits per heavy atom. The monoisotopic (exact) mass is 282 g/mol. The molecule has 2 heteroatoms. The second-order valence-corrected chi connectivity index (χ2v) is 6.87. The molecule has 108 valence electrons. The van der Waals surface area contributed by atoms with Crippen molar-refractivity contribution in [2.45, 2.75) is 40.7 Å². The summed E-state index contributed by atoms with van der Waals surface area (Å²) in [5.74, 6) is 1.82. The Morgan fingerprint density at radius 3 is 2.32 bits per heavy atom. The Labute approximate surface area is 123 Å². The average Bonchev–Trinajstić information content (AvgIpc) is 2.36. The number of hydrogen-bond acceptors (Lipinski definition) is 1. The number of hydrogen-bond donors (Lipinski definition) is 0. The average molecular weight is 283 g/mol. The second kappa shape index (κ2) is 7.91. The van der Waals surface area contributed by atoms with Crippen LogP contribution in [0.5, 0.6) is 0 Å². The molecule has 0 aliphatic heterocycles. The largest absolute Gasteiger partial charge is 0.376 e. The van der Waals surface area contributed by atoms with E-state index in [2.05, 4.69) is 39.8 Å². The van der Waals surface area contributed by atoms with Crippen LogP contribution in [-0.4, -0.2) is 12.5 Å². The van der Waals surface area contributed by atoms with Crippen molar-refractivity contribution in [2.24, 2.45) is 17.3 Å². The minimum Gasteiger partial charge on any atom is -0.376 e. The van der Waals surface area contributed by atoms with E-state index in [0.29, 0.717) is 18.4 Å². The fraction of sp³-hybridized carbons (Fsp3) is 0.647. The van der Waals surface area contributed by atoms with E-state index in [1.54, 1.807) is 0 Å². The molecule has 0 fully saturated rings. The van der Waals surface area contributed by atoms with Crippen LogP contribution in [0.2, 0.25) is 0 Å². The molecule has 0 heterocycles. The van der Waals surface area contributed by atoms with Crippen LogP contribution in [0.1, 0.15) is 39.7 Å². The first-order valence-electron chi connectivity index (χ1n) is 7.11. The van der Waals surface area contributed by atoms with Crippen LogP contribution in [0.3, 0.4) is 0 Å². The zero-order chi connectivity index (χ0) is 14.3.